The van der Waals surface area contributed by atoms with Crippen molar-refractivity contribution in [3.05, 3.63) is 24.3 Å². The highest BCUT2D eigenvalue weighted by Gasteiger charge is 2.36. The molecule has 0 N–H and O–H groups in total. The summed E-state index contributed by atoms with van der Waals surface area (Å²) < 4.78 is 11.9. The summed E-state index contributed by atoms with van der Waals surface area (Å²) in [5, 5.41) is 0. The van der Waals surface area contributed by atoms with Crippen molar-refractivity contribution in [3.8, 4) is 5.75 Å². The number of likely N-dealkylation sites (tertiary alicyclic amines) is 1. The van der Waals surface area contributed by atoms with Crippen LogP contribution in [0.5, 0.6) is 5.75 Å². The molecule has 31 heavy (non-hydrogen) atoms. The first-order chi connectivity index (χ1) is 15.3. The van der Waals surface area contributed by atoms with Crippen LogP contribution in [-0.4, -0.2) is 55.3 Å². The normalized spacial score (nSPS) is 30.8. The molecule has 0 unspecified atom stereocenters. The summed E-state index contributed by atoms with van der Waals surface area (Å²) in [6.07, 6.45) is 14.4. The van der Waals surface area contributed by atoms with Gasteiger partial charge in [0.15, 0.2) is 0 Å². The minimum absolute atomic E-state index is 0.0871. The minimum atomic E-state index is 0.0871. The number of anilines is 1. The Bertz CT molecular complexity index is 719. The van der Waals surface area contributed by atoms with Crippen LogP contribution >= 0.6 is 0 Å². The van der Waals surface area contributed by atoms with Crippen LogP contribution in [0.2, 0.25) is 0 Å². The fourth-order valence-electron chi connectivity index (χ4n) is 6.06. The molecule has 5 heteroatoms. The number of morpholine rings is 1. The molecule has 2 aliphatic heterocycles. The van der Waals surface area contributed by atoms with Crippen LogP contribution in [0.15, 0.2) is 24.3 Å². The predicted octanol–water partition coefficient (Wildman–Crippen LogP) is 4.78. The predicted molar refractivity (Wildman–Crippen MR) is 123 cm³/mol. The van der Waals surface area contributed by atoms with Crippen LogP contribution in [-0.2, 0) is 9.53 Å². The van der Waals surface area contributed by atoms with Crippen molar-refractivity contribution in [1.82, 2.24) is 4.90 Å². The van der Waals surface area contributed by atoms with Crippen LogP contribution in [0.4, 0.5) is 5.69 Å². The van der Waals surface area contributed by atoms with Gasteiger partial charge in [-0.3, -0.25) is 4.79 Å². The summed E-state index contributed by atoms with van der Waals surface area (Å²) in [7, 11) is 0. The zero-order chi connectivity index (χ0) is 21.0. The zero-order valence-electron chi connectivity index (χ0n) is 18.8. The SMILES string of the molecule is O=C1COC[C@@H](CC2CCCCC2)N1c1ccc(O[C@H]2C[C@H](N3CCCCC3)C2)cc1. The summed E-state index contributed by atoms with van der Waals surface area (Å²) in [5.74, 6) is 1.74. The van der Waals surface area contributed by atoms with Gasteiger partial charge in [-0.25, -0.2) is 0 Å². The first-order valence-corrected chi connectivity index (χ1v) is 12.7. The van der Waals surface area contributed by atoms with Gasteiger partial charge in [0.1, 0.15) is 18.5 Å². The van der Waals surface area contributed by atoms with E-state index in [1.165, 1.54) is 64.5 Å². The van der Waals surface area contributed by atoms with Gasteiger partial charge in [-0.1, -0.05) is 38.5 Å². The van der Waals surface area contributed by atoms with Gasteiger partial charge in [-0.05, 0) is 62.5 Å². The number of hydrogen-bond acceptors (Lipinski definition) is 4. The fourth-order valence-corrected chi connectivity index (χ4v) is 6.06. The van der Waals surface area contributed by atoms with E-state index in [4.69, 9.17) is 9.47 Å². The Hall–Kier alpha value is -1.59. The van der Waals surface area contributed by atoms with Crippen LogP contribution in [0.3, 0.4) is 0 Å². The smallest absolute Gasteiger partial charge is 0.253 e. The third-order valence-corrected chi connectivity index (χ3v) is 7.89. The number of benzene rings is 1. The first kappa shape index (κ1) is 21.3. The second-order valence-corrected chi connectivity index (χ2v) is 10.1. The lowest BCUT2D eigenvalue weighted by atomic mass is 9.84. The molecule has 0 bridgehead atoms. The van der Waals surface area contributed by atoms with Gasteiger partial charge in [0.2, 0.25) is 0 Å². The van der Waals surface area contributed by atoms with E-state index in [0.717, 1.165) is 42.7 Å². The molecule has 2 aliphatic carbocycles. The van der Waals surface area contributed by atoms with Gasteiger partial charge in [0.05, 0.1) is 12.6 Å². The minimum Gasteiger partial charge on any atom is -0.490 e. The van der Waals surface area contributed by atoms with Crippen molar-refractivity contribution in [2.24, 2.45) is 5.92 Å². The van der Waals surface area contributed by atoms with E-state index in [9.17, 15) is 4.79 Å². The van der Waals surface area contributed by atoms with Gasteiger partial charge < -0.3 is 19.3 Å². The molecule has 4 aliphatic rings. The van der Waals surface area contributed by atoms with E-state index >= 15 is 0 Å². The van der Waals surface area contributed by atoms with Crippen LogP contribution in [0.1, 0.15) is 70.6 Å². The number of rotatable bonds is 6. The van der Waals surface area contributed by atoms with E-state index in [1.807, 2.05) is 17.0 Å². The molecule has 4 fully saturated rings. The van der Waals surface area contributed by atoms with E-state index in [-0.39, 0.29) is 18.6 Å². The zero-order valence-corrected chi connectivity index (χ0v) is 18.8. The average molecular weight is 427 g/mol. The molecule has 0 aromatic heterocycles. The number of nitrogens with zero attached hydrogens (tertiary/aromatic N) is 2. The average Bonchev–Trinajstić information content (AvgIpc) is 2.78. The highest BCUT2D eigenvalue weighted by atomic mass is 16.5. The second-order valence-electron chi connectivity index (χ2n) is 10.1. The molecule has 0 radical (unpaired) electrons. The lowest BCUT2D eigenvalue weighted by Gasteiger charge is -2.44. The Labute approximate surface area is 187 Å². The summed E-state index contributed by atoms with van der Waals surface area (Å²) in [4.78, 5) is 17.4. The van der Waals surface area contributed by atoms with Crippen molar-refractivity contribution in [1.29, 1.82) is 0 Å². The van der Waals surface area contributed by atoms with Crippen molar-refractivity contribution < 1.29 is 14.3 Å². The lowest BCUT2D eigenvalue weighted by molar-refractivity contribution is -0.127. The molecule has 0 spiro atoms. The number of hydrogen-bond donors (Lipinski definition) is 0. The van der Waals surface area contributed by atoms with E-state index in [0.29, 0.717) is 12.7 Å². The largest absolute Gasteiger partial charge is 0.490 e. The van der Waals surface area contributed by atoms with Gasteiger partial charge in [-0.2, -0.15) is 0 Å². The number of piperidine rings is 1. The summed E-state index contributed by atoms with van der Waals surface area (Å²) in [6, 6.07) is 9.10. The maximum atomic E-state index is 12.7. The Kier molecular flexibility index (Phi) is 6.80. The molecule has 2 saturated carbocycles. The fraction of sp³-hybridized carbons (Fsp3) is 0.731. The maximum Gasteiger partial charge on any atom is 0.253 e. The Morgan fingerprint density at radius 2 is 1.65 bits per heavy atom. The van der Waals surface area contributed by atoms with Gasteiger partial charge >= 0.3 is 0 Å². The maximum absolute atomic E-state index is 12.7. The van der Waals surface area contributed by atoms with Crippen molar-refractivity contribution in [2.45, 2.75) is 88.8 Å². The molecule has 5 nitrogen and oxygen atoms in total. The number of carbonyl (C=O) groups is 1. The molecule has 2 saturated heterocycles. The van der Waals surface area contributed by atoms with Crippen LogP contribution in [0, 0.1) is 5.92 Å². The summed E-state index contributed by atoms with van der Waals surface area (Å²) >= 11 is 0. The summed E-state index contributed by atoms with van der Waals surface area (Å²) in [6.45, 7) is 3.38. The highest BCUT2D eigenvalue weighted by Crippen LogP contribution is 2.34. The summed E-state index contributed by atoms with van der Waals surface area (Å²) in [5.41, 5.74) is 0.987. The van der Waals surface area contributed by atoms with Gasteiger partial charge in [0.25, 0.3) is 5.91 Å². The van der Waals surface area contributed by atoms with E-state index in [2.05, 4.69) is 17.0 Å². The number of amides is 1. The molecular weight excluding hydrogens is 388 g/mol. The third kappa shape index (κ3) is 5.09. The lowest BCUT2D eigenvalue weighted by Crippen LogP contribution is -2.51. The van der Waals surface area contributed by atoms with Crippen molar-refractivity contribution >= 4 is 11.6 Å². The monoisotopic (exact) mass is 426 g/mol. The molecule has 1 aromatic carbocycles. The van der Waals surface area contributed by atoms with Crippen molar-refractivity contribution in [2.75, 3.05) is 31.2 Å². The Morgan fingerprint density at radius 3 is 2.39 bits per heavy atom. The van der Waals surface area contributed by atoms with Crippen molar-refractivity contribution in [3.63, 3.8) is 0 Å². The van der Waals surface area contributed by atoms with Crippen LogP contribution in [0.25, 0.3) is 0 Å². The number of carbonyl (C=O) groups excluding carboxylic acids is 1. The number of ether oxygens (including phenoxy) is 2. The molecule has 2 heterocycles. The van der Waals surface area contributed by atoms with E-state index < -0.39 is 0 Å². The van der Waals surface area contributed by atoms with Gasteiger partial charge in [-0.15, -0.1) is 0 Å². The van der Waals surface area contributed by atoms with E-state index in [1.54, 1.807) is 0 Å². The van der Waals surface area contributed by atoms with Gasteiger partial charge in [0, 0.05) is 24.6 Å². The molecule has 1 amide bonds. The molecule has 170 valence electrons. The molecule has 1 aromatic rings. The first-order valence-electron chi connectivity index (χ1n) is 12.7. The molecule has 5 rings (SSSR count). The quantitative estimate of drug-likeness (QED) is 0.656. The van der Waals surface area contributed by atoms with Crippen LogP contribution < -0.4 is 9.64 Å². The molecule has 1 atom stereocenters. The molecular formula is C26H38N2O3. The Morgan fingerprint density at radius 1 is 0.935 bits per heavy atom. The standard InChI is InChI=1S/C26H38N2O3/c29-26-19-30-18-23(15-20-7-3-1-4-8-20)28(26)21-9-11-24(12-10-21)31-25-16-22(17-25)27-13-5-2-6-14-27/h9-12,20,22-23,25H,1-8,13-19H2/t22-,23-,25-/m1/s1. The topological polar surface area (TPSA) is 42.0 Å². The Balaban J connectivity index is 1.16. The third-order valence-electron chi connectivity index (χ3n) is 7.89. The second kappa shape index (κ2) is 9.91. The highest BCUT2D eigenvalue weighted by molar-refractivity contribution is 5.95.